The quantitative estimate of drug-likeness (QED) is 0.253. The number of halogens is 2. The average Bonchev–Trinajstić information content (AvgIpc) is 3.01. The first-order chi connectivity index (χ1) is 20.7. The summed E-state index contributed by atoms with van der Waals surface area (Å²) in [5.41, 5.74) is 2.14. The molecule has 1 aliphatic heterocycles. The minimum Gasteiger partial charge on any atom is -0.477 e. The molecule has 1 aliphatic rings. The van der Waals surface area contributed by atoms with Crippen molar-refractivity contribution >= 4 is 50.7 Å². The Morgan fingerprint density at radius 2 is 1.56 bits per heavy atom. The lowest BCUT2D eigenvalue weighted by atomic mass is 10.1. The molecule has 4 aromatic carbocycles. The first-order valence-electron chi connectivity index (χ1n) is 13.6. The highest BCUT2D eigenvalue weighted by Gasteiger charge is 2.36. The van der Waals surface area contributed by atoms with Gasteiger partial charge in [-0.2, -0.15) is 4.31 Å². The van der Waals surface area contributed by atoms with E-state index in [0.717, 1.165) is 9.87 Å². The Bertz CT molecular complexity index is 1700. The molecule has 0 saturated carbocycles. The minimum atomic E-state index is -4.13. The van der Waals surface area contributed by atoms with Crippen LogP contribution in [0.2, 0.25) is 10.0 Å². The van der Waals surface area contributed by atoms with Crippen LogP contribution in [0.5, 0.6) is 5.75 Å². The molecule has 0 aromatic heterocycles. The largest absolute Gasteiger partial charge is 0.477 e. The molecule has 0 radical (unpaired) electrons. The van der Waals surface area contributed by atoms with Crippen molar-refractivity contribution in [3.05, 3.63) is 124 Å². The van der Waals surface area contributed by atoms with Crippen molar-refractivity contribution < 1.29 is 22.7 Å². The molecule has 0 aliphatic carbocycles. The van der Waals surface area contributed by atoms with Gasteiger partial charge in [0.2, 0.25) is 15.9 Å². The van der Waals surface area contributed by atoms with Gasteiger partial charge in [0.1, 0.15) is 5.75 Å². The molecule has 0 unspecified atom stereocenters. The van der Waals surface area contributed by atoms with Gasteiger partial charge in [0.05, 0.1) is 23.7 Å². The van der Waals surface area contributed by atoms with Gasteiger partial charge < -0.3 is 15.0 Å². The van der Waals surface area contributed by atoms with Crippen LogP contribution in [0.1, 0.15) is 11.1 Å². The van der Waals surface area contributed by atoms with Gasteiger partial charge >= 0.3 is 0 Å². The molecule has 0 fully saturated rings. The number of ether oxygens (including phenoxy) is 1. The van der Waals surface area contributed by atoms with Gasteiger partial charge in [-0.3, -0.25) is 9.59 Å². The number of hydrogen-bond donors (Lipinski definition) is 1. The summed E-state index contributed by atoms with van der Waals surface area (Å²) in [6, 6.07) is 29.2. The van der Waals surface area contributed by atoms with E-state index in [0.29, 0.717) is 40.0 Å². The van der Waals surface area contributed by atoms with Gasteiger partial charge in [0.25, 0.3) is 5.91 Å². The van der Waals surface area contributed by atoms with Gasteiger partial charge in [-0.1, -0.05) is 77.8 Å². The van der Waals surface area contributed by atoms with Crippen molar-refractivity contribution in [2.24, 2.45) is 0 Å². The zero-order valence-electron chi connectivity index (χ0n) is 23.0. The third-order valence-corrected chi connectivity index (χ3v) is 9.23. The van der Waals surface area contributed by atoms with Gasteiger partial charge in [-0.15, -0.1) is 0 Å². The van der Waals surface area contributed by atoms with Crippen LogP contribution in [0.15, 0.2) is 108 Å². The Hall–Kier alpha value is -3.89. The smallest absolute Gasteiger partial charge is 0.262 e. The molecule has 5 rings (SSSR count). The number of nitrogens with zero attached hydrogens (tertiary/aromatic N) is 2. The zero-order valence-corrected chi connectivity index (χ0v) is 25.4. The highest BCUT2D eigenvalue weighted by atomic mass is 35.5. The molecule has 8 nitrogen and oxygen atoms in total. The summed E-state index contributed by atoms with van der Waals surface area (Å²) in [6.45, 7) is -0.287. The molecule has 0 bridgehead atoms. The van der Waals surface area contributed by atoms with E-state index < -0.39 is 28.6 Å². The number of carbonyl (C=O) groups is 2. The van der Waals surface area contributed by atoms with Crippen LogP contribution in [0.25, 0.3) is 0 Å². The topological polar surface area (TPSA) is 96.0 Å². The highest BCUT2D eigenvalue weighted by Crippen LogP contribution is 2.34. The molecule has 43 heavy (non-hydrogen) atoms. The third kappa shape index (κ3) is 7.55. The summed E-state index contributed by atoms with van der Waals surface area (Å²) in [7, 11) is -4.13. The Balaban J connectivity index is 1.38. The van der Waals surface area contributed by atoms with Gasteiger partial charge in [0, 0.05) is 23.1 Å². The summed E-state index contributed by atoms with van der Waals surface area (Å²) in [6.07, 6.45) is -0.344. The number of para-hydroxylation sites is 2. The van der Waals surface area contributed by atoms with Gasteiger partial charge in [-0.05, 0) is 66.1 Å². The fourth-order valence-electron chi connectivity index (χ4n) is 4.75. The van der Waals surface area contributed by atoms with Crippen LogP contribution in [0.4, 0.5) is 5.69 Å². The van der Waals surface area contributed by atoms with E-state index in [1.165, 1.54) is 29.2 Å². The predicted molar refractivity (Wildman–Crippen MR) is 167 cm³/mol. The van der Waals surface area contributed by atoms with E-state index in [4.69, 9.17) is 27.9 Å². The van der Waals surface area contributed by atoms with Crippen molar-refractivity contribution in [3.8, 4) is 5.75 Å². The Morgan fingerprint density at radius 1 is 0.860 bits per heavy atom. The number of fused-ring (bicyclic) bond motifs is 1. The molecular formula is C32H29Cl2N3O5S. The summed E-state index contributed by atoms with van der Waals surface area (Å²) in [5.74, 6) is -0.530. The van der Waals surface area contributed by atoms with Crippen molar-refractivity contribution in [1.82, 2.24) is 9.62 Å². The fraction of sp³-hybridized carbons (Fsp3) is 0.188. The molecule has 1 heterocycles. The van der Waals surface area contributed by atoms with Crippen LogP contribution < -0.4 is 15.0 Å². The third-order valence-electron chi connectivity index (χ3n) is 6.93. The molecule has 0 saturated heterocycles. The average molecular weight is 639 g/mol. The Labute approximate surface area is 260 Å². The Morgan fingerprint density at radius 3 is 2.30 bits per heavy atom. The Kier molecular flexibility index (Phi) is 9.67. The first kappa shape index (κ1) is 30.6. The fourth-order valence-corrected chi connectivity index (χ4v) is 6.47. The lowest BCUT2D eigenvalue weighted by Crippen LogP contribution is -2.53. The van der Waals surface area contributed by atoms with E-state index in [1.807, 2.05) is 30.3 Å². The second kappa shape index (κ2) is 13.6. The van der Waals surface area contributed by atoms with Crippen LogP contribution in [0, 0.1) is 0 Å². The number of carbonyl (C=O) groups excluding carboxylic acids is 2. The SMILES string of the molecule is O=C(NCCc1ccccc1)[C@@H]1CN(C(=O)CN(Cc2cccc(Cl)c2)S(=O)(=O)c2ccc(Cl)cc2)c2ccccc2O1. The molecule has 0 spiro atoms. The normalized spacial score (nSPS) is 14.6. The van der Waals surface area contributed by atoms with Crippen molar-refractivity contribution in [2.75, 3.05) is 24.5 Å². The molecule has 4 aromatic rings. The number of sulfonamides is 1. The van der Waals surface area contributed by atoms with Crippen LogP contribution in [0.3, 0.4) is 0 Å². The van der Waals surface area contributed by atoms with Crippen LogP contribution in [-0.4, -0.2) is 50.3 Å². The highest BCUT2D eigenvalue weighted by molar-refractivity contribution is 7.89. The number of nitrogens with one attached hydrogen (secondary N) is 1. The van der Waals surface area contributed by atoms with E-state index in [-0.39, 0.29) is 23.9 Å². The lowest BCUT2D eigenvalue weighted by molar-refractivity contribution is -0.128. The standard InChI is InChI=1S/C32H29Cl2N3O5S/c33-25-13-15-27(16-14-25)43(40,41)36(20-24-9-6-10-26(34)19-24)22-31(38)37-21-30(42-29-12-5-4-11-28(29)37)32(39)35-18-17-23-7-2-1-3-8-23/h1-16,19,30H,17-18,20-22H2,(H,35,39)/t30-/m0/s1. The summed E-state index contributed by atoms with van der Waals surface area (Å²) < 4.78 is 34.7. The maximum atomic E-state index is 13.9. The summed E-state index contributed by atoms with van der Waals surface area (Å²) in [4.78, 5) is 28.4. The zero-order chi connectivity index (χ0) is 30.4. The number of anilines is 1. The number of amides is 2. The first-order valence-corrected chi connectivity index (χ1v) is 15.8. The molecule has 222 valence electrons. The summed E-state index contributed by atoms with van der Waals surface area (Å²) >= 11 is 12.2. The van der Waals surface area contributed by atoms with Crippen molar-refractivity contribution in [2.45, 2.75) is 24.0 Å². The van der Waals surface area contributed by atoms with Gasteiger partial charge in [-0.25, -0.2) is 8.42 Å². The van der Waals surface area contributed by atoms with E-state index in [1.54, 1.807) is 48.5 Å². The lowest BCUT2D eigenvalue weighted by Gasteiger charge is -2.35. The maximum Gasteiger partial charge on any atom is 0.262 e. The summed E-state index contributed by atoms with van der Waals surface area (Å²) in [5, 5.41) is 3.71. The van der Waals surface area contributed by atoms with Crippen molar-refractivity contribution in [1.29, 1.82) is 0 Å². The van der Waals surface area contributed by atoms with E-state index in [9.17, 15) is 18.0 Å². The molecular weight excluding hydrogens is 609 g/mol. The van der Waals surface area contributed by atoms with E-state index >= 15 is 0 Å². The number of benzene rings is 4. The predicted octanol–water partition coefficient (Wildman–Crippen LogP) is 5.34. The molecule has 2 amide bonds. The second-order valence-corrected chi connectivity index (χ2v) is 12.8. The van der Waals surface area contributed by atoms with Crippen LogP contribution in [-0.2, 0) is 32.6 Å². The van der Waals surface area contributed by atoms with Gasteiger partial charge in [0.15, 0.2) is 6.10 Å². The van der Waals surface area contributed by atoms with Crippen LogP contribution >= 0.6 is 23.2 Å². The number of hydrogen-bond acceptors (Lipinski definition) is 5. The molecule has 1 atom stereocenters. The minimum absolute atomic E-state index is 0.00947. The maximum absolute atomic E-state index is 13.9. The molecule has 1 N–H and O–H groups in total. The molecule has 11 heteroatoms. The monoisotopic (exact) mass is 637 g/mol. The number of rotatable bonds is 10. The van der Waals surface area contributed by atoms with Crippen molar-refractivity contribution in [3.63, 3.8) is 0 Å². The second-order valence-electron chi connectivity index (χ2n) is 9.96. The van der Waals surface area contributed by atoms with E-state index in [2.05, 4.69) is 5.32 Å².